The molecule has 4 rings (SSSR count). The van der Waals surface area contributed by atoms with Crippen LogP contribution in [0.2, 0.25) is 0 Å². The molecule has 2 aromatic carbocycles. The first-order valence-corrected chi connectivity index (χ1v) is 12.4. The van der Waals surface area contributed by atoms with Crippen LogP contribution in [0.3, 0.4) is 0 Å². The first-order chi connectivity index (χ1) is 16.2. The molecule has 2 heterocycles. The van der Waals surface area contributed by atoms with Gasteiger partial charge in [-0.1, -0.05) is 54.6 Å². The van der Waals surface area contributed by atoms with Crippen LogP contribution in [0.25, 0.3) is 0 Å². The number of rotatable bonds is 8. The first kappa shape index (κ1) is 23.3. The molecule has 2 fully saturated rings. The van der Waals surface area contributed by atoms with Crippen molar-refractivity contribution in [3.63, 3.8) is 0 Å². The summed E-state index contributed by atoms with van der Waals surface area (Å²) in [4.78, 5) is 21.3. The predicted octanol–water partition coefficient (Wildman–Crippen LogP) is 3.53. The van der Waals surface area contributed by atoms with Gasteiger partial charge in [-0.05, 0) is 42.9 Å². The van der Waals surface area contributed by atoms with Gasteiger partial charge in [-0.2, -0.15) is 0 Å². The molecule has 0 aromatic heterocycles. The third-order valence-electron chi connectivity index (χ3n) is 6.48. The van der Waals surface area contributed by atoms with E-state index in [0.29, 0.717) is 25.6 Å². The minimum Gasteiger partial charge on any atom is -0.357 e. The number of nitrogens with zero attached hydrogens (tertiary/aromatic N) is 3. The van der Waals surface area contributed by atoms with E-state index < -0.39 is 0 Å². The van der Waals surface area contributed by atoms with Gasteiger partial charge in [-0.3, -0.25) is 9.69 Å². The van der Waals surface area contributed by atoms with Gasteiger partial charge in [0.1, 0.15) is 0 Å². The predicted molar refractivity (Wildman–Crippen MR) is 134 cm³/mol. The fraction of sp³-hybridized carbons (Fsp3) is 0.481. The molecule has 1 amide bonds. The van der Waals surface area contributed by atoms with Crippen LogP contribution in [0.1, 0.15) is 49.3 Å². The van der Waals surface area contributed by atoms with Crippen molar-refractivity contribution in [2.24, 2.45) is 4.99 Å². The van der Waals surface area contributed by atoms with Crippen LogP contribution in [-0.4, -0.2) is 53.9 Å². The minimum atomic E-state index is 0.270. The number of hydrogen-bond donors (Lipinski definition) is 2. The fourth-order valence-electron chi connectivity index (χ4n) is 4.68. The number of piperidine rings is 1. The lowest BCUT2D eigenvalue weighted by molar-refractivity contribution is -0.128. The normalized spacial score (nSPS) is 18.0. The molecule has 6 heteroatoms. The van der Waals surface area contributed by atoms with Gasteiger partial charge in [0.05, 0.1) is 6.54 Å². The molecule has 0 radical (unpaired) electrons. The Balaban J connectivity index is 1.28. The van der Waals surface area contributed by atoms with Crippen LogP contribution in [-0.2, 0) is 24.4 Å². The Labute approximate surface area is 198 Å². The highest BCUT2D eigenvalue weighted by Gasteiger charge is 2.21. The van der Waals surface area contributed by atoms with Crippen LogP contribution in [0.15, 0.2) is 59.6 Å². The molecule has 33 heavy (non-hydrogen) atoms. The maximum Gasteiger partial charge on any atom is 0.222 e. The quantitative estimate of drug-likeness (QED) is 0.480. The van der Waals surface area contributed by atoms with E-state index in [1.165, 1.54) is 16.7 Å². The second-order valence-electron chi connectivity index (χ2n) is 9.11. The summed E-state index contributed by atoms with van der Waals surface area (Å²) in [5.74, 6) is 1.16. The zero-order chi connectivity index (χ0) is 22.9. The minimum absolute atomic E-state index is 0.270. The summed E-state index contributed by atoms with van der Waals surface area (Å²) >= 11 is 0. The molecular weight excluding hydrogens is 410 g/mol. The molecule has 0 bridgehead atoms. The van der Waals surface area contributed by atoms with E-state index >= 15 is 0 Å². The van der Waals surface area contributed by atoms with Crippen LogP contribution < -0.4 is 10.6 Å². The molecule has 2 aliphatic heterocycles. The maximum atomic E-state index is 11.9. The second kappa shape index (κ2) is 11.8. The highest BCUT2D eigenvalue weighted by atomic mass is 16.2. The molecule has 0 spiro atoms. The largest absolute Gasteiger partial charge is 0.357 e. The third-order valence-corrected chi connectivity index (χ3v) is 6.48. The molecule has 2 N–H and O–H groups in total. The van der Waals surface area contributed by atoms with Crippen molar-refractivity contribution < 1.29 is 4.79 Å². The van der Waals surface area contributed by atoms with E-state index in [1.807, 2.05) is 4.90 Å². The molecule has 0 unspecified atom stereocenters. The van der Waals surface area contributed by atoms with Gasteiger partial charge in [-0.25, -0.2) is 4.99 Å². The fourth-order valence-corrected chi connectivity index (χ4v) is 4.68. The smallest absolute Gasteiger partial charge is 0.222 e. The van der Waals surface area contributed by atoms with E-state index in [-0.39, 0.29) is 5.91 Å². The number of guanidine groups is 1. The Kier molecular flexibility index (Phi) is 8.36. The Hall–Kier alpha value is -2.86. The molecule has 2 aromatic rings. The Bertz CT molecular complexity index is 921. The SMILES string of the molecule is CCNC(=NCc1cccc(CN2CCCC2=O)c1)NC1CCN(Cc2ccccc2)CC1. The highest BCUT2D eigenvalue weighted by molar-refractivity contribution is 5.80. The number of carbonyl (C=O) groups is 1. The number of nitrogens with one attached hydrogen (secondary N) is 2. The second-order valence-corrected chi connectivity index (χ2v) is 9.11. The molecule has 6 nitrogen and oxygen atoms in total. The van der Waals surface area contributed by atoms with Gasteiger partial charge in [0, 0.05) is 51.7 Å². The van der Waals surface area contributed by atoms with Crippen LogP contribution in [0, 0.1) is 0 Å². The number of aliphatic imine (C=N–C) groups is 1. The summed E-state index contributed by atoms with van der Waals surface area (Å²) in [7, 11) is 0. The highest BCUT2D eigenvalue weighted by Crippen LogP contribution is 2.16. The average molecular weight is 448 g/mol. The number of amides is 1. The molecule has 176 valence electrons. The molecule has 2 saturated heterocycles. The van der Waals surface area contributed by atoms with E-state index in [9.17, 15) is 4.79 Å². The van der Waals surface area contributed by atoms with Gasteiger partial charge in [-0.15, -0.1) is 0 Å². The summed E-state index contributed by atoms with van der Waals surface area (Å²) in [5, 5.41) is 7.05. The summed E-state index contributed by atoms with van der Waals surface area (Å²) in [6.45, 7) is 8.39. The molecule has 0 atom stereocenters. The van der Waals surface area contributed by atoms with Gasteiger partial charge >= 0.3 is 0 Å². The van der Waals surface area contributed by atoms with Gasteiger partial charge in [0.25, 0.3) is 0 Å². The van der Waals surface area contributed by atoms with Crippen LogP contribution in [0.4, 0.5) is 0 Å². The van der Waals surface area contributed by atoms with Crippen molar-refractivity contribution in [3.8, 4) is 0 Å². The lowest BCUT2D eigenvalue weighted by Gasteiger charge is -2.33. The Morgan fingerprint density at radius 2 is 1.73 bits per heavy atom. The van der Waals surface area contributed by atoms with E-state index in [0.717, 1.165) is 57.9 Å². The topological polar surface area (TPSA) is 60.0 Å². The average Bonchev–Trinajstić information content (AvgIpc) is 3.24. The van der Waals surface area contributed by atoms with Gasteiger partial charge in [0.15, 0.2) is 5.96 Å². The summed E-state index contributed by atoms with van der Waals surface area (Å²) in [6, 6.07) is 19.6. The third kappa shape index (κ3) is 7.06. The van der Waals surface area contributed by atoms with Crippen molar-refractivity contribution in [1.29, 1.82) is 0 Å². The monoisotopic (exact) mass is 447 g/mol. The maximum absolute atomic E-state index is 11.9. The molecule has 0 aliphatic carbocycles. The van der Waals surface area contributed by atoms with Crippen molar-refractivity contribution >= 4 is 11.9 Å². The van der Waals surface area contributed by atoms with E-state index in [1.54, 1.807) is 0 Å². The zero-order valence-corrected chi connectivity index (χ0v) is 19.8. The van der Waals surface area contributed by atoms with Gasteiger partial charge in [0.2, 0.25) is 5.91 Å². The van der Waals surface area contributed by atoms with Crippen molar-refractivity contribution in [2.45, 2.75) is 58.3 Å². The number of likely N-dealkylation sites (tertiary alicyclic amines) is 2. The lowest BCUT2D eigenvalue weighted by atomic mass is 10.0. The standard InChI is InChI=1S/C27H37N5O/c1-2-28-27(30-25-13-16-31(17-14-25)20-22-8-4-3-5-9-22)29-19-23-10-6-11-24(18-23)21-32-15-7-12-26(32)33/h3-6,8-11,18,25H,2,7,12-17,19-21H2,1H3,(H2,28,29,30). The summed E-state index contributed by atoms with van der Waals surface area (Å²) < 4.78 is 0. The number of carbonyl (C=O) groups excluding carboxylic acids is 1. The van der Waals surface area contributed by atoms with Crippen LogP contribution in [0.5, 0.6) is 0 Å². The number of benzene rings is 2. The zero-order valence-electron chi connectivity index (χ0n) is 19.8. The van der Waals surface area contributed by atoms with Crippen LogP contribution >= 0.6 is 0 Å². The molecule has 0 saturated carbocycles. The van der Waals surface area contributed by atoms with E-state index in [2.05, 4.69) is 77.1 Å². The Morgan fingerprint density at radius 1 is 0.970 bits per heavy atom. The Morgan fingerprint density at radius 3 is 2.45 bits per heavy atom. The summed E-state index contributed by atoms with van der Waals surface area (Å²) in [6.07, 6.45) is 3.91. The van der Waals surface area contributed by atoms with Crippen molar-refractivity contribution in [1.82, 2.24) is 20.4 Å². The lowest BCUT2D eigenvalue weighted by Crippen LogP contribution is -2.48. The van der Waals surface area contributed by atoms with Gasteiger partial charge < -0.3 is 15.5 Å². The number of hydrogen-bond acceptors (Lipinski definition) is 3. The first-order valence-electron chi connectivity index (χ1n) is 12.4. The molecule has 2 aliphatic rings. The van der Waals surface area contributed by atoms with Crippen molar-refractivity contribution in [3.05, 3.63) is 71.3 Å². The molecular formula is C27H37N5O. The van der Waals surface area contributed by atoms with Crippen molar-refractivity contribution in [2.75, 3.05) is 26.2 Å². The summed E-state index contributed by atoms with van der Waals surface area (Å²) in [5.41, 5.74) is 3.74. The van der Waals surface area contributed by atoms with E-state index in [4.69, 9.17) is 4.99 Å².